The van der Waals surface area contributed by atoms with Gasteiger partial charge in [-0.3, -0.25) is 14.5 Å². The van der Waals surface area contributed by atoms with E-state index in [0.29, 0.717) is 12.1 Å². The van der Waals surface area contributed by atoms with Gasteiger partial charge in [-0.2, -0.15) is 0 Å². The summed E-state index contributed by atoms with van der Waals surface area (Å²) in [4.78, 5) is 38.5. The fraction of sp³-hybridized carbons (Fsp3) is 0.640. The second kappa shape index (κ2) is 11.5. The molecule has 0 aliphatic carbocycles. The van der Waals surface area contributed by atoms with Crippen LogP contribution in [0.25, 0.3) is 0 Å². The molecule has 2 amide bonds. The van der Waals surface area contributed by atoms with Gasteiger partial charge in [0.05, 0.1) is 17.3 Å². The van der Waals surface area contributed by atoms with Crippen molar-refractivity contribution < 1.29 is 14.4 Å². The summed E-state index contributed by atoms with van der Waals surface area (Å²) in [6, 6.07) is 7.71. The average molecular weight is 411 g/mol. The van der Waals surface area contributed by atoms with Gasteiger partial charge in [0, 0.05) is 12.3 Å². The summed E-state index contributed by atoms with van der Waals surface area (Å²) >= 11 is 0. The Balaban J connectivity index is 1.97. The molecule has 1 saturated heterocycles. The smallest absolute Gasteiger partial charge is 0.237 e. The number of imide groups is 1. The molecule has 1 aromatic carbocycles. The molecule has 0 bridgehead atoms. The Morgan fingerprint density at radius 3 is 2.30 bits per heavy atom. The van der Waals surface area contributed by atoms with Gasteiger partial charge in [0.15, 0.2) is 7.85 Å². The normalized spacial score (nSPS) is 19.7. The number of unbranched alkanes of at least 4 members (excludes halogenated alkanes) is 4. The molecule has 1 aromatic rings. The van der Waals surface area contributed by atoms with Gasteiger partial charge in [-0.25, -0.2) is 0 Å². The third-order valence-corrected chi connectivity index (χ3v) is 6.75. The molecule has 0 spiro atoms. The lowest BCUT2D eigenvalue weighted by Crippen LogP contribution is -2.31. The number of carbonyl (C=O) groups excluding carboxylic acids is 3. The van der Waals surface area contributed by atoms with E-state index in [0.717, 1.165) is 24.8 Å². The standard InChI is InChI=1S/C25H38BNO3/c1-5-6-7-8-9-10-17(2)22-16-23(28)27(25(22)30)21-13-11-20(12-14-21)18(3)15-19(4)24(26)29/h11-14,17-19,22H,5-10,15-16,26H2,1-4H3. The Morgan fingerprint density at radius 2 is 1.70 bits per heavy atom. The quantitative estimate of drug-likeness (QED) is 0.281. The van der Waals surface area contributed by atoms with Crippen molar-refractivity contribution in [1.29, 1.82) is 0 Å². The first kappa shape index (κ1) is 24.4. The number of anilines is 1. The molecule has 0 radical (unpaired) electrons. The highest BCUT2D eigenvalue weighted by molar-refractivity contribution is 6.58. The molecule has 1 aliphatic heterocycles. The van der Waals surface area contributed by atoms with Gasteiger partial charge in [-0.15, -0.1) is 0 Å². The maximum Gasteiger partial charge on any atom is 0.237 e. The van der Waals surface area contributed by atoms with E-state index < -0.39 is 0 Å². The van der Waals surface area contributed by atoms with Crippen molar-refractivity contribution in [2.45, 2.75) is 85.0 Å². The first-order valence-corrected chi connectivity index (χ1v) is 11.7. The molecule has 1 aliphatic rings. The lowest BCUT2D eigenvalue weighted by atomic mass is 9.82. The van der Waals surface area contributed by atoms with Gasteiger partial charge in [0.2, 0.25) is 11.8 Å². The third-order valence-electron chi connectivity index (χ3n) is 6.75. The van der Waals surface area contributed by atoms with Crippen molar-refractivity contribution in [1.82, 2.24) is 0 Å². The van der Waals surface area contributed by atoms with Crippen LogP contribution in [0.1, 0.15) is 90.5 Å². The van der Waals surface area contributed by atoms with Gasteiger partial charge in [-0.05, 0) is 42.4 Å². The lowest BCUT2D eigenvalue weighted by molar-refractivity contribution is -0.123. The molecule has 1 heterocycles. The zero-order valence-electron chi connectivity index (χ0n) is 19.4. The Kier molecular flexibility index (Phi) is 9.32. The van der Waals surface area contributed by atoms with E-state index in [9.17, 15) is 14.4 Å². The van der Waals surface area contributed by atoms with Crippen LogP contribution in [0.3, 0.4) is 0 Å². The van der Waals surface area contributed by atoms with Crippen LogP contribution in [0.4, 0.5) is 5.69 Å². The van der Waals surface area contributed by atoms with Gasteiger partial charge >= 0.3 is 0 Å². The van der Waals surface area contributed by atoms with Crippen molar-refractivity contribution in [2.24, 2.45) is 17.8 Å². The summed E-state index contributed by atoms with van der Waals surface area (Å²) in [6.07, 6.45) is 8.22. The van der Waals surface area contributed by atoms with Gasteiger partial charge in [0.25, 0.3) is 0 Å². The van der Waals surface area contributed by atoms with Crippen LogP contribution in [0.15, 0.2) is 24.3 Å². The molecular weight excluding hydrogens is 373 g/mol. The largest absolute Gasteiger partial charge is 0.312 e. The lowest BCUT2D eigenvalue weighted by Gasteiger charge is -2.20. The van der Waals surface area contributed by atoms with E-state index in [1.807, 2.05) is 31.2 Å². The number of amides is 2. The minimum atomic E-state index is -0.196. The topological polar surface area (TPSA) is 54.5 Å². The molecule has 4 atom stereocenters. The number of rotatable bonds is 12. The first-order valence-electron chi connectivity index (χ1n) is 11.7. The minimum absolute atomic E-state index is 0.0330. The molecule has 0 saturated carbocycles. The van der Waals surface area contributed by atoms with Crippen LogP contribution < -0.4 is 4.90 Å². The number of carbonyl (C=O) groups is 3. The molecule has 0 N–H and O–H groups in total. The Labute approximate surface area is 183 Å². The second-order valence-corrected chi connectivity index (χ2v) is 9.30. The van der Waals surface area contributed by atoms with Crippen molar-refractivity contribution in [3.63, 3.8) is 0 Å². The van der Waals surface area contributed by atoms with Crippen molar-refractivity contribution >= 4 is 31.0 Å². The van der Waals surface area contributed by atoms with E-state index in [1.165, 1.54) is 30.6 Å². The number of hydrogen-bond donors (Lipinski definition) is 0. The van der Waals surface area contributed by atoms with Gasteiger partial charge in [0.1, 0.15) is 0 Å². The zero-order valence-corrected chi connectivity index (χ0v) is 19.4. The predicted octanol–water partition coefficient (Wildman–Crippen LogP) is 4.85. The van der Waals surface area contributed by atoms with Crippen LogP contribution in [0, 0.1) is 17.8 Å². The maximum atomic E-state index is 13.0. The van der Waals surface area contributed by atoms with Crippen LogP contribution in [0.5, 0.6) is 0 Å². The van der Waals surface area contributed by atoms with Crippen LogP contribution in [-0.2, 0) is 14.4 Å². The highest BCUT2D eigenvalue weighted by Crippen LogP contribution is 2.34. The van der Waals surface area contributed by atoms with E-state index in [1.54, 1.807) is 7.85 Å². The van der Waals surface area contributed by atoms with E-state index in [4.69, 9.17) is 0 Å². The number of nitrogens with zero attached hydrogens (tertiary/aromatic N) is 1. The van der Waals surface area contributed by atoms with E-state index in [2.05, 4.69) is 20.8 Å². The van der Waals surface area contributed by atoms with Crippen LogP contribution in [0.2, 0.25) is 0 Å². The summed E-state index contributed by atoms with van der Waals surface area (Å²) in [6.45, 7) is 8.39. The monoisotopic (exact) mass is 411 g/mol. The summed E-state index contributed by atoms with van der Waals surface area (Å²) in [5.41, 5.74) is 2.00. The summed E-state index contributed by atoms with van der Waals surface area (Å²) < 4.78 is 0. The predicted molar refractivity (Wildman–Crippen MR) is 125 cm³/mol. The van der Waals surface area contributed by atoms with E-state index in [-0.39, 0.29) is 41.2 Å². The van der Waals surface area contributed by atoms with Gasteiger partial charge in [-0.1, -0.05) is 71.9 Å². The molecule has 164 valence electrons. The SMILES string of the molecule is BC(=O)C(C)CC(C)c1ccc(N2C(=O)CC(C(C)CCCCCCC)C2=O)cc1. The fourth-order valence-corrected chi connectivity index (χ4v) is 4.43. The molecular formula is C25H38BNO3. The van der Waals surface area contributed by atoms with Crippen LogP contribution >= 0.6 is 0 Å². The molecule has 0 aromatic heterocycles. The molecule has 5 heteroatoms. The molecule has 30 heavy (non-hydrogen) atoms. The molecule has 2 rings (SSSR count). The van der Waals surface area contributed by atoms with E-state index >= 15 is 0 Å². The van der Waals surface area contributed by atoms with Crippen molar-refractivity contribution in [3.05, 3.63) is 29.8 Å². The second-order valence-electron chi connectivity index (χ2n) is 9.30. The highest BCUT2D eigenvalue weighted by Gasteiger charge is 2.41. The number of benzene rings is 1. The molecule has 1 fully saturated rings. The fourth-order valence-electron chi connectivity index (χ4n) is 4.43. The van der Waals surface area contributed by atoms with Crippen molar-refractivity contribution in [3.8, 4) is 0 Å². The Hall–Kier alpha value is -1.91. The summed E-state index contributed by atoms with van der Waals surface area (Å²) in [5, 5.41) is 0. The minimum Gasteiger partial charge on any atom is -0.312 e. The zero-order chi connectivity index (χ0) is 22.3. The third kappa shape index (κ3) is 6.29. The van der Waals surface area contributed by atoms with Crippen LogP contribution in [-0.4, -0.2) is 25.3 Å². The first-order chi connectivity index (χ1) is 14.3. The maximum absolute atomic E-state index is 13.0. The molecule has 4 unspecified atom stereocenters. The summed E-state index contributed by atoms with van der Waals surface area (Å²) in [5.74, 6) is 0.189. The number of hydrogen-bond acceptors (Lipinski definition) is 3. The van der Waals surface area contributed by atoms with Crippen molar-refractivity contribution in [2.75, 3.05) is 4.90 Å². The highest BCUT2D eigenvalue weighted by atomic mass is 16.2. The summed E-state index contributed by atoms with van der Waals surface area (Å²) in [7, 11) is 1.63. The average Bonchev–Trinajstić information content (AvgIpc) is 3.01. The Morgan fingerprint density at radius 1 is 1.07 bits per heavy atom. The Bertz CT molecular complexity index is 730. The van der Waals surface area contributed by atoms with Gasteiger partial charge < -0.3 is 4.79 Å². The molecule has 4 nitrogen and oxygen atoms in total.